The van der Waals surface area contributed by atoms with Crippen LogP contribution in [0.2, 0.25) is 0 Å². The van der Waals surface area contributed by atoms with E-state index in [-0.39, 0.29) is 34.5 Å². The summed E-state index contributed by atoms with van der Waals surface area (Å²) in [4.78, 5) is -0.00279. The van der Waals surface area contributed by atoms with Crippen LogP contribution in [0.5, 0.6) is 0 Å². The van der Waals surface area contributed by atoms with Gasteiger partial charge in [0.2, 0.25) is 0 Å². The van der Waals surface area contributed by atoms with Gasteiger partial charge in [0, 0.05) is 0 Å². The van der Waals surface area contributed by atoms with Crippen molar-refractivity contribution in [2.24, 2.45) is 0 Å². The van der Waals surface area contributed by atoms with E-state index in [1.54, 1.807) is 6.07 Å². The molecule has 0 aliphatic rings. The van der Waals surface area contributed by atoms with Crippen LogP contribution in [0.15, 0.2) is 23.1 Å². The standard InChI is InChI=1S/C18H30O3S.Na/c1-3-5-7-9-12-16-13-11-15-18(22(19,20)21)17(16)14-10-8-6-4-2;/h11,13,15H,3-10,12,14H2,1-2H3,(H,19,20,21);/q;+1/p-1. The Hall–Kier alpha value is 0.130. The average Bonchev–Trinajstić information content (AvgIpc) is 2.47. The molecule has 1 aromatic carbocycles. The first kappa shape index (κ1) is 23.1. The molecule has 0 unspecified atom stereocenters. The molecule has 5 heteroatoms. The Morgan fingerprint density at radius 3 is 1.96 bits per heavy atom. The van der Waals surface area contributed by atoms with Gasteiger partial charge >= 0.3 is 29.6 Å². The summed E-state index contributed by atoms with van der Waals surface area (Å²) in [5, 5.41) is 0. The predicted octanol–water partition coefficient (Wildman–Crippen LogP) is 1.84. The molecule has 0 saturated carbocycles. The van der Waals surface area contributed by atoms with Crippen LogP contribution in [0.4, 0.5) is 0 Å². The van der Waals surface area contributed by atoms with Crippen LogP contribution in [-0.2, 0) is 23.0 Å². The van der Waals surface area contributed by atoms with E-state index in [1.807, 2.05) is 6.07 Å². The van der Waals surface area contributed by atoms with Crippen molar-refractivity contribution in [3.8, 4) is 0 Å². The summed E-state index contributed by atoms with van der Waals surface area (Å²) in [6, 6.07) is 5.15. The molecule has 0 spiro atoms. The van der Waals surface area contributed by atoms with Gasteiger partial charge in [-0.15, -0.1) is 0 Å². The minimum Gasteiger partial charge on any atom is -0.744 e. The number of hydrogen-bond acceptors (Lipinski definition) is 3. The van der Waals surface area contributed by atoms with E-state index in [0.29, 0.717) is 6.42 Å². The third-order valence-corrected chi connectivity index (χ3v) is 5.00. The fourth-order valence-corrected chi connectivity index (χ4v) is 3.61. The quantitative estimate of drug-likeness (QED) is 0.348. The Bertz CT molecular complexity index is 541. The zero-order valence-corrected chi connectivity index (χ0v) is 17.8. The molecule has 0 N–H and O–H groups in total. The zero-order valence-electron chi connectivity index (χ0n) is 14.9. The molecule has 0 bridgehead atoms. The largest absolute Gasteiger partial charge is 1.00 e. The van der Waals surface area contributed by atoms with Gasteiger partial charge in [-0.05, 0) is 42.9 Å². The summed E-state index contributed by atoms with van der Waals surface area (Å²) in [5.41, 5.74) is 1.81. The fraction of sp³-hybridized carbons (Fsp3) is 0.667. The predicted molar refractivity (Wildman–Crippen MR) is 90.1 cm³/mol. The molecule has 0 aliphatic heterocycles. The Kier molecular flexibility index (Phi) is 12.6. The molecule has 0 aliphatic carbocycles. The van der Waals surface area contributed by atoms with Crippen LogP contribution in [0.25, 0.3) is 0 Å². The molecule has 23 heavy (non-hydrogen) atoms. The molecule has 126 valence electrons. The van der Waals surface area contributed by atoms with Crippen molar-refractivity contribution < 1.29 is 42.5 Å². The van der Waals surface area contributed by atoms with Gasteiger partial charge < -0.3 is 4.55 Å². The van der Waals surface area contributed by atoms with Crippen LogP contribution in [0.1, 0.15) is 76.3 Å². The van der Waals surface area contributed by atoms with Crippen molar-refractivity contribution in [3.63, 3.8) is 0 Å². The van der Waals surface area contributed by atoms with Crippen molar-refractivity contribution in [1.29, 1.82) is 0 Å². The maximum absolute atomic E-state index is 11.5. The monoisotopic (exact) mass is 348 g/mol. The molecule has 3 nitrogen and oxygen atoms in total. The Labute approximate surface area is 164 Å². The summed E-state index contributed by atoms with van der Waals surface area (Å²) in [6.07, 6.45) is 10.5. The zero-order chi connectivity index (χ0) is 16.4. The molecule has 0 heterocycles. The normalized spacial score (nSPS) is 11.3. The maximum atomic E-state index is 11.5. The average molecular weight is 348 g/mol. The third-order valence-electron chi connectivity index (χ3n) is 4.08. The first-order chi connectivity index (χ1) is 10.5. The van der Waals surface area contributed by atoms with E-state index in [2.05, 4.69) is 13.8 Å². The SMILES string of the molecule is CCCCCCc1cccc(S(=O)(=O)[O-])c1CCCCCC.[Na+]. The van der Waals surface area contributed by atoms with Gasteiger partial charge in [-0.3, -0.25) is 0 Å². The summed E-state index contributed by atoms with van der Waals surface area (Å²) in [6.45, 7) is 4.32. The summed E-state index contributed by atoms with van der Waals surface area (Å²) >= 11 is 0. The topological polar surface area (TPSA) is 57.2 Å². The smallest absolute Gasteiger partial charge is 0.744 e. The van der Waals surface area contributed by atoms with Crippen molar-refractivity contribution in [1.82, 2.24) is 0 Å². The molecule has 0 fully saturated rings. The van der Waals surface area contributed by atoms with Gasteiger partial charge in [-0.1, -0.05) is 64.5 Å². The van der Waals surface area contributed by atoms with E-state index in [1.165, 1.54) is 18.9 Å². The number of unbranched alkanes of at least 4 members (excludes halogenated alkanes) is 6. The van der Waals surface area contributed by atoms with Crippen molar-refractivity contribution in [2.45, 2.75) is 83.0 Å². The summed E-state index contributed by atoms with van der Waals surface area (Å²) in [5.74, 6) is 0. The van der Waals surface area contributed by atoms with Crippen LogP contribution in [0.3, 0.4) is 0 Å². The molecule has 1 aromatic rings. The molecule has 0 atom stereocenters. The number of hydrogen-bond donors (Lipinski definition) is 0. The van der Waals surface area contributed by atoms with Crippen LogP contribution >= 0.6 is 0 Å². The second kappa shape index (κ2) is 12.5. The number of aryl methyl sites for hydroxylation is 1. The Balaban J connectivity index is 0.00000484. The molecule has 0 radical (unpaired) electrons. The van der Waals surface area contributed by atoms with Gasteiger partial charge in [0.1, 0.15) is 10.1 Å². The van der Waals surface area contributed by atoms with Gasteiger partial charge in [0.25, 0.3) is 0 Å². The third kappa shape index (κ3) is 8.69. The molecule has 0 saturated heterocycles. The van der Waals surface area contributed by atoms with Gasteiger partial charge in [0.15, 0.2) is 0 Å². The second-order valence-electron chi connectivity index (χ2n) is 5.97. The summed E-state index contributed by atoms with van der Waals surface area (Å²) < 4.78 is 34.5. The van der Waals surface area contributed by atoms with Gasteiger partial charge in [-0.25, -0.2) is 8.42 Å². The minimum atomic E-state index is -4.38. The van der Waals surface area contributed by atoms with Gasteiger partial charge in [0.05, 0.1) is 4.90 Å². The molecule has 1 rings (SSSR count). The number of rotatable bonds is 11. The van der Waals surface area contributed by atoms with Crippen LogP contribution in [0, 0.1) is 0 Å². The van der Waals surface area contributed by atoms with Crippen LogP contribution < -0.4 is 29.6 Å². The minimum absolute atomic E-state index is 0. The van der Waals surface area contributed by atoms with Crippen molar-refractivity contribution >= 4 is 10.1 Å². The molecular weight excluding hydrogens is 319 g/mol. The van der Waals surface area contributed by atoms with Crippen LogP contribution in [-0.4, -0.2) is 13.0 Å². The molecule has 0 amide bonds. The molecular formula is C18H29NaO3S. The summed E-state index contributed by atoms with van der Waals surface area (Å²) in [7, 11) is -4.38. The molecule has 0 aromatic heterocycles. The van der Waals surface area contributed by atoms with E-state index in [4.69, 9.17) is 0 Å². The Morgan fingerprint density at radius 1 is 0.870 bits per heavy atom. The Morgan fingerprint density at radius 2 is 1.43 bits per heavy atom. The van der Waals surface area contributed by atoms with Crippen molar-refractivity contribution in [2.75, 3.05) is 0 Å². The number of benzene rings is 1. The van der Waals surface area contributed by atoms with E-state index >= 15 is 0 Å². The van der Waals surface area contributed by atoms with Crippen molar-refractivity contribution in [3.05, 3.63) is 29.3 Å². The van der Waals surface area contributed by atoms with E-state index in [0.717, 1.165) is 56.1 Å². The fourth-order valence-electron chi connectivity index (χ4n) is 2.83. The van der Waals surface area contributed by atoms with E-state index in [9.17, 15) is 13.0 Å². The van der Waals surface area contributed by atoms with E-state index < -0.39 is 10.1 Å². The second-order valence-corrected chi connectivity index (χ2v) is 7.32. The maximum Gasteiger partial charge on any atom is 1.00 e. The van der Waals surface area contributed by atoms with Gasteiger partial charge in [-0.2, -0.15) is 0 Å². The first-order valence-electron chi connectivity index (χ1n) is 8.57. The first-order valence-corrected chi connectivity index (χ1v) is 9.98.